The molecular formula is C28H32ClFN4O2. The maximum Gasteiger partial charge on any atom is 0.322 e. The molecule has 1 aromatic heterocycles. The molecule has 0 saturated carbocycles. The number of anilines is 1. The first-order valence-electron chi connectivity index (χ1n) is 12.3. The van der Waals surface area contributed by atoms with Gasteiger partial charge in [0.05, 0.1) is 11.1 Å². The first-order valence-corrected chi connectivity index (χ1v) is 12.7. The summed E-state index contributed by atoms with van der Waals surface area (Å²) in [6.07, 6.45) is 2.73. The molecular weight excluding hydrogens is 479 g/mol. The summed E-state index contributed by atoms with van der Waals surface area (Å²) in [7, 11) is 0. The average molecular weight is 511 g/mol. The van der Waals surface area contributed by atoms with Gasteiger partial charge in [-0.15, -0.1) is 0 Å². The molecule has 0 bridgehead atoms. The van der Waals surface area contributed by atoms with Gasteiger partial charge < -0.3 is 19.7 Å². The van der Waals surface area contributed by atoms with Gasteiger partial charge in [0.2, 0.25) is 5.91 Å². The van der Waals surface area contributed by atoms with Crippen molar-refractivity contribution in [2.45, 2.75) is 45.7 Å². The van der Waals surface area contributed by atoms with Gasteiger partial charge in [-0.3, -0.25) is 4.79 Å². The lowest BCUT2D eigenvalue weighted by atomic mass is 9.95. The molecule has 0 spiro atoms. The molecule has 3 aromatic rings. The highest BCUT2D eigenvalue weighted by Crippen LogP contribution is 2.33. The van der Waals surface area contributed by atoms with Crippen molar-refractivity contribution in [2.24, 2.45) is 0 Å². The van der Waals surface area contributed by atoms with E-state index < -0.39 is 11.8 Å². The first-order chi connectivity index (χ1) is 17.3. The quantitative estimate of drug-likeness (QED) is 0.406. The summed E-state index contributed by atoms with van der Waals surface area (Å²) in [4.78, 5) is 30.0. The third-order valence-electron chi connectivity index (χ3n) is 6.56. The van der Waals surface area contributed by atoms with Crippen molar-refractivity contribution in [3.63, 3.8) is 0 Å². The molecule has 0 aliphatic carbocycles. The highest BCUT2D eigenvalue weighted by Gasteiger charge is 2.33. The molecule has 3 amide bonds. The summed E-state index contributed by atoms with van der Waals surface area (Å²) in [5.41, 5.74) is 3.72. The van der Waals surface area contributed by atoms with E-state index in [2.05, 4.69) is 54.1 Å². The molecule has 1 N–H and O–H groups in total. The molecule has 1 atom stereocenters. The Morgan fingerprint density at radius 2 is 1.89 bits per heavy atom. The zero-order chi connectivity index (χ0) is 25.8. The fourth-order valence-corrected chi connectivity index (χ4v) is 4.80. The predicted octanol–water partition coefficient (Wildman–Crippen LogP) is 6.28. The number of carbonyl (C=O) groups excluding carboxylic acids is 2. The number of hydrogen-bond donors (Lipinski definition) is 1. The van der Waals surface area contributed by atoms with Gasteiger partial charge in [0.1, 0.15) is 12.4 Å². The maximum atomic E-state index is 13.7. The number of amides is 3. The zero-order valence-corrected chi connectivity index (χ0v) is 21.6. The lowest BCUT2D eigenvalue weighted by Gasteiger charge is -2.38. The lowest BCUT2D eigenvalue weighted by Crippen LogP contribution is -2.48. The molecule has 4 rings (SSSR count). The standard InChI is InChI=1S/C28H32ClFN4O2/c1-4-13-33(28(36)31-22-11-12-24(30)23(29)17-22)18-26(35)34-16-15-32-14-5-6-25(32)27(34)21-9-7-20(8-10-21)19(2)3/h5-12,14,17,19,27H,4,13,15-16,18H2,1-3H3,(H,31,36). The Morgan fingerprint density at radius 3 is 2.56 bits per heavy atom. The van der Waals surface area contributed by atoms with Crippen molar-refractivity contribution in [1.29, 1.82) is 0 Å². The van der Waals surface area contributed by atoms with E-state index in [1.54, 1.807) is 0 Å². The summed E-state index contributed by atoms with van der Waals surface area (Å²) in [5.74, 6) is -0.261. The Labute approximate surface area is 216 Å². The van der Waals surface area contributed by atoms with Crippen molar-refractivity contribution < 1.29 is 14.0 Å². The molecule has 8 heteroatoms. The van der Waals surface area contributed by atoms with Crippen LogP contribution >= 0.6 is 11.6 Å². The minimum atomic E-state index is -0.558. The molecule has 1 aliphatic heterocycles. The van der Waals surface area contributed by atoms with Crippen LogP contribution in [0.1, 0.15) is 56.0 Å². The van der Waals surface area contributed by atoms with Crippen LogP contribution in [0.3, 0.4) is 0 Å². The van der Waals surface area contributed by atoms with E-state index >= 15 is 0 Å². The van der Waals surface area contributed by atoms with Gasteiger partial charge in [-0.1, -0.05) is 56.6 Å². The Kier molecular flexibility index (Phi) is 7.99. The molecule has 2 aromatic carbocycles. The Balaban J connectivity index is 1.55. The van der Waals surface area contributed by atoms with Crippen molar-refractivity contribution in [1.82, 2.24) is 14.4 Å². The Hall–Kier alpha value is -3.32. The Morgan fingerprint density at radius 1 is 1.14 bits per heavy atom. The largest absolute Gasteiger partial charge is 0.348 e. The number of halogens is 2. The molecule has 1 aliphatic rings. The molecule has 1 unspecified atom stereocenters. The molecule has 36 heavy (non-hydrogen) atoms. The highest BCUT2D eigenvalue weighted by atomic mass is 35.5. The second-order valence-corrected chi connectivity index (χ2v) is 9.83. The lowest BCUT2D eigenvalue weighted by molar-refractivity contribution is -0.134. The van der Waals surface area contributed by atoms with Gasteiger partial charge in [-0.2, -0.15) is 0 Å². The van der Waals surface area contributed by atoms with Crippen LogP contribution in [0, 0.1) is 5.82 Å². The zero-order valence-electron chi connectivity index (χ0n) is 20.9. The van der Waals surface area contributed by atoms with Crippen molar-refractivity contribution >= 4 is 29.2 Å². The van der Waals surface area contributed by atoms with Crippen LogP contribution in [0.25, 0.3) is 0 Å². The second kappa shape index (κ2) is 11.2. The maximum absolute atomic E-state index is 13.7. The summed E-state index contributed by atoms with van der Waals surface area (Å²) in [6, 6.07) is 15.8. The van der Waals surface area contributed by atoms with Gasteiger partial charge in [0.25, 0.3) is 0 Å². The number of rotatable bonds is 7. The summed E-state index contributed by atoms with van der Waals surface area (Å²) < 4.78 is 15.7. The fourth-order valence-electron chi connectivity index (χ4n) is 4.62. The second-order valence-electron chi connectivity index (χ2n) is 9.42. The number of benzene rings is 2. The van der Waals surface area contributed by atoms with E-state index in [9.17, 15) is 14.0 Å². The van der Waals surface area contributed by atoms with Gasteiger partial charge in [0, 0.05) is 37.2 Å². The third-order valence-corrected chi connectivity index (χ3v) is 6.84. The van der Waals surface area contributed by atoms with Crippen LogP contribution in [0.2, 0.25) is 5.02 Å². The predicted molar refractivity (Wildman–Crippen MR) is 141 cm³/mol. The van der Waals surface area contributed by atoms with Crippen LogP contribution in [-0.2, 0) is 11.3 Å². The van der Waals surface area contributed by atoms with Crippen LogP contribution in [0.15, 0.2) is 60.8 Å². The first kappa shape index (κ1) is 25.8. The van der Waals surface area contributed by atoms with E-state index in [0.29, 0.717) is 37.7 Å². The topological polar surface area (TPSA) is 57.6 Å². The SMILES string of the molecule is CCCN(CC(=O)N1CCn2cccc2C1c1ccc(C(C)C)cc1)C(=O)Nc1ccc(F)c(Cl)c1. The normalized spacial score (nSPS) is 15.1. The van der Waals surface area contributed by atoms with Gasteiger partial charge in [-0.05, 0) is 53.8 Å². The number of aromatic nitrogens is 1. The van der Waals surface area contributed by atoms with E-state index in [-0.39, 0.29) is 23.5 Å². The molecule has 0 fully saturated rings. The van der Waals surface area contributed by atoms with Gasteiger partial charge >= 0.3 is 6.03 Å². The molecule has 0 saturated heterocycles. The van der Waals surface area contributed by atoms with Crippen LogP contribution in [0.5, 0.6) is 0 Å². The summed E-state index contributed by atoms with van der Waals surface area (Å²) in [6.45, 7) is 7.86. The Bertz CT molecular complexity index is 1220. The van der Waals surface area contributed by atoms with Crippen molar-refractivity contribution in [3.05, 3.63) is 88.5 Å². The smallest absolute Gasteiger partial charge is 0.322 e. The number of hydrogen-bond acceptors (Lipinski definition) is 2. The molecule has 6 nitrogen and oxygen atoms in total. The van der Waals surface area contributed by atoms with Gasteiger partial charge in [-0.25, -0.2) is 9.18 Å². The minimum absolute atomic E-state index is 0.0596. The molecule has 2 heterocycles. The number of nitrogens with zero attached hydrogens (tertiary/aromatic N) is 3. The van der Waals surface area contributed by atoms with Crippen molar-refractivity contribution in [3.8, 4) is 0 Å². The summed E-state index contributed by atoms with van der Waals surface area (Å²) >= 11 is 5.85. The van der Waals surface area contributed by atoms with E-state index in [1.807, 2.05) is 24.1 Å². The number of fused-ring (bicyclic) bond motifs is 1. The molecule has 0 radical (unpaired) electrons. The summed E-state index contributed by atoms with van der Waals surface area (Å²) in [5, 5.41) is 2.66. The van der Waals surface area contributed by atoms with E-state index in [1.165, 1.54) is 28.7 Å². The minimum Gasteiger partial charge on any atom is -0.348 e. The monoisotopic (exact) mass is 510 g/mol. The van der Waals surface area contributed by atoms with Crippen LogP contribution in [-0.4, -0.2) is 45.9 Å². The van der Waals surface area contributed by atoms with Crippen LogP contribution < -0.4 is 5.32 Å². The number of urea groups is 1. The average Bonchev–Trinajstić information content (AvgIpc) is 3.34. The van der Waals surface area contributed by atoms with Gasteiger partial charge in [0.15, 0.2) is 0 Å². The number of carbonyl (C=O) groups is 2. The number of nitrogens with one attached hydrogen (secondary N) is 1. The van der Waals surface area contributed by atoms with Crippen molar-refractivity contribution in [2.75, 3.05) is 25.0 Å². The van der Waals surface area contributed by atoms with E-state index in [4.69, 9.17) is 11.6 Å². The third kappa shape index (κ3) is 5.57. The fraction of sp³-hybridized carbons (Fsp3) is 0.357. The van der Waals surface area contributed by atoms with Crippen LogP contribution in [0.4, 0.5) is 14.9 Å². The van der Waals surface area contributed by atoms with E-state index in [0.717, 1.165) is 11.3 Å². The highest BCUT2D eigenvalue weighted by molar-refractivity contribution is 6.31. The molecule has 190 valence electrons.